The minimum Gasteiger partial charge on any atom is -0.378 e. The van der Waals surface area contributed by atoms with E-state index in [0.717, 1.165) is 17.5 Å². The average molecular weight is 375 g/mol. The first-order valence-electron chi connectivity index (χ1n) is 8.28. The van der Waals surface area contributed by atoms with E-state index in [9.17, 15) is 13.2 Å². The zero-order valence-electron chi connectivity index (χ0n) is 15.6. The zero-order valence-corrected chi connectivity index (χ0v) is 16.4. The number of hydrogen-bond acceptors (Lipinski definition) is 4. The topological polar surface area (TPSA) is 69.7 Å². The third-order valence-corrected chi connectivity index (χ3v) is 5.09. The number of aryl methyl sites for hydroxylation is 1. The lowest BCUT2D eigenvalue weighted by atomic mass is 10.2. The van der Waals surface area contributed by atoms with Gasteiger partial charge in [-0.3, -0.25) is 9.10 Å². The molecule has 0 radical (unpaired) electrons. The number of hydrogen-bond donors (Lipinski definition) is 1. The molecule has 0 atom stereocenters. The van der Waals surface area contributed by atoms with Crippen LogP contribution in [0.15, 0.2) is 48.5 Å². The summed E-state index contributed by atoms with van der Waals surface area (Å²) < 4.78 is 25.5. The highest BCUT2D eigenvalue weighted by atomic mass is 32.2. The Bertz CT molecular complexity index is 862. The number of rotatable bonds is 7. The van der Waals surface area contributed by atoms with Crippen LogP contribution in [0.3, 0.4) is 0 Å². The first-order chi connectivity index (χ1) is 12.2. The van der Waals surface area contributed by atoms with Gasteiger partial charge >= 0.3 is 0 Å². The van der Waals surface area contributed by atoms with Gasteiger partial charge in [0, 0.05) is 38.4 Å². The summed E-state index contributed by atoms with van der Waals surface area (Å²) in [6.07, 6.45) is 1.21. The Kier molecular flexibility index (Phi) is 6.26. The van der Waals surface area contributed by atoms with Crippen molar-refractivity contribution in [1.82, 2.24) is 0 Å². The van der Waals surface area contributed by atoms with Gasteiger partial charge < -0.3 is 10.2 Å². The van der Waals surface area contributed by atoms with Gasteiger partial charge in [0.15, 0.2) is 0 Å². The van der Waals surface area contributed by atoms with Crippen molar-refractivity contribution in [2.45, 2.75) is 13.3 Å². The van der Waals surface area contributed by atoms with Crippen molar-refractivity contribution >= 4 is 33.0 Å². The molecule has 26 heavy (non-hydrogen) atoms. The molecular weight excluding hydrogens is 350 g/mol. The molecule has 6 nitrogen and oxygen atoms in total. The summed E-state index contributed by atoms with van der Waals surface area (Å²) >= 11 is 0. The summed E-state index contributed by atoms with van der Waals surface area (Å²) in [5, 5.41) is 2.80. The Balaban J connectivity index is 2.03. The van der Waals surface area contributed by atoms with E-state index in [1.165, 1.54) is 4.31 Å². The summed E-state index contributed by atoms with van der Waals surface area (Å²) in [5.41, 5.74) is 3.24. The highest BCUT2D eigenvalue weighted by Gasteiger charge is 2.18. The van der Waals surface area contributed by atoms with Crippen LogP contribution in [-0.4, -0.2) is 41.2 Å². The van der Waals surface area contributed by atoms with E-state index in [0.29, 0.717) is 11.4 Å². The van der Waals surface area contributed by atoms with Crippen LogP contribution in [0.5, 0.6) is 0 Å². The number of sulfonamides is 1. The zero-order chi connectivity index (χ0) is 19.3. The Morgan fingerprint density at radius 1 is 1.04 bits per heavy atom. The number of nitrogens with zero attached hydrogens (tertiary/aromatic N) is 2. The highest BCUT2D eigenvalue weighted by molar-refractivity contribution is 7.92. The molecule has 1 amide bonds. The first-order valence-corrected chi connectivity index (χ1v) is 10.1. The van der Waals surface area contributed by atoms with E-state index in [1.807, 2.05) is 56.3 Å². The number of carbonyl (C=O) groups is 1. The molecule has 140 valence electrons. The van der Waals surface area contributed by atoms with E-state index in [4.69, 9.17) is 0 Å². The standard InChI is InChI=1S/C19H25N3O3S/c1-15-6-5-7-18(14-15)22(26(4,24)25)13-12-19(23)20-16-8-10-17(11-9-16)21(2)3/h5-11,14H,12-13H2,1-4H3,(H,20,23). The Hall–Kier alpha value is -2.54. The summed E-state index contributed by atoms with van der Waals surface area (Å²) in [5.74, 6) is -0.232. The van der Waals surface area contributed by atoms with Gasteiger partial charge in [0.2, 0.25) is 15.9 Å². The maximum absolute atomic E-state index is 12.2. The molecule has 1 N–H and O–H groups in total. The fraction of sp³-hybridized carbons (Fsp3) is 0.316. The van der Waals surface area contributed by atoms with Crippen molar-refractivity contribution < 1.29 is 13.2 Å². The molecule has 0 fully saturated rings. The minimum atomic E-state index is -3.47. The van der Waals surface area contributed by atoms with E-state index >= 15 is 0 Å². The van der Waals surface area contributed by atoms with Gasteiger partial charge in [-0.15, -0.1) is 0 Å². The number of benzene rings is 2. The fourth-order valence-corrected chi connectivity index (χ4v) is 3.46. The van der Waals surface area contributed by atoms with Crippen LogP contribution in [0.2, 0.25) is 0 Å². The number of anilines is 3. The molecule has 0 saturated carbocycles. The molecule has 2 aromatic rings. The molecule has 0 spiro atoms. The summed E-state index contributed by atoms with van der Waals surface area (Å²) in [7, 11) is 0.416. The normalized spacial score (nSPS) is 11.1. The maximum atomic E-state index is 12.2. The van der Waals surface area contributed by atoms with Crippen LogP contribution in [0.25, 0.3) is 0 Å². The molecule has 2 rings (SSSR count). The average Bonchev–Trinajstić information content (AvgIpc) is 2.54. The van der Waals surface area contributed by atoms with Crippen molar-refractivity contribution in [2.75, 3.05) is 41.4 Å². The van der Waals surface area contributed by atoms with Crippen molar-refractivity contribution in [3.63, 3.8) is 0 Å². The second kappa shape index (κ2) is 8.23. The van der Waals surface area contributed by atoms with Gasteiger partial charge in [0.05, 0.1) is 11.9 Å². The predicted molar refractivity (Wildman–Crippen MR) is 107 cm³/mol. The predicted octanol–water partition coefficient (Wildman–Crippen LogP) is 2.86. The largest absolute Gasteiger partial charge is 0.378 e. The molecule has 0 saturated heterocycles. The molecule has 0 heterocycles. The number of nitrogens with one attached hydrogen (secondary N) is 1. The molecule has 0 aliphatic heterocycles. The molecule has 0 aliphatic rings. The lowest BCUT2D eigenvalue weighted by Crippen LogP contribution is -2.33. The Labute approximate surface area is 155 Å². The SMILES string of the molecule is Cc1cccc(N(CCC(=O)Nc2ccc(N(C)C)cc2)S(C)(=O)=O)c1. The lowest BCUT2D eigenvalue weighted by molar-refractivity contribution is -0.116. The number of amides is 1. The van der Waals surface area contributed by atoms with Gasteiger partial charge in [-0.2, -0.15) is 0 Å². The van der Waals surface area contributed by atoms with E-state index < -0.39 is 10.0 Å². The van der Waals surface area contributed by atoms with Gasteiger partial charge in [-0.05, 0) is 48.9 Å². The van der Waals surface area contributed by atoms with Gasteiger partial charge in [0.1, 0.15) is 0 Å². The fourth-order valence-electron chi connectivity index (χ4n) is 2.54. The van der Waals surface area contributed by atoms with E-state index in [2.05, 4.69) is 5.32 Å². The second-order valence-electron chi connectivity index (χ2n) is 6.41. The molecule has 0 aromatic heterocycles. The maximum Gasteiger partial charge on any atom is 0.232 e. The third kappa shape index (κ3) is 5.49. The molecule has 0 bridgehead atoms. The molecule has 0 unspecified atom stereocenters. The van der Waals surface area contributed by atoms with E-state index in [-0.39, 0.29) is 18.9 Å². The quantitative estimate of drug-likeness (QED) is 0.808. The Morgan fingerprint density at radius 3 is 2.23 bits per heavy atom. The van der Waals surface area contributed by atoms with Crippen LogP contribution < -0.4 is 14.5 Å². The third-order valence-electron chi connectivity index (χ3n) is 3.90. The summed E-state index contributed by atoms with van der Waals surface area (Å²) in [4.78, 5) is 14.2. The first kappa shape index (κ1) is 19.8. The van der Waals surface area contributed by atoms with Crippen LogP contribution in [0, 0.1) is 6.92 Å². The number of carbonyl (C=O) groups excluding carboxylic acids is 1. The minimum absolute atomic E-state index is 0.0659. The monoisotopic (exact) mass is 375 g/mol. The van der Waals surface area contributed by atoms with Crippen LogP contribution in [0.4, 0.5) is 17.1 Å². The van der Waals surface area contributed by atoms with E-state index in [1.54, 1.807) is 18.2 Å². The van der Waals surface area contributed by atoms with Crippen LogP contribution in [0.1, 0.15) is 12.0 Å². The Morgan fingerprint density at radius 2 is 1.69 bits per heavy atom. The lowest BCUT2D eigenvalue weighted by Gasteiger charge is -2.22. The van der Waals surface area contributed by atoms with Gasteiger partial charge in [-0.1, -0.05) is 12.1 Å². The van der Waals surface area contributed by atoms with Crippen molar-refractivity contribution in [3.05, 3.63) is 54.1 Å². The smallest absolute Gasteiger partial charge is 0.232 e. The van der Waals surface area contributed by atoms with Crippen molar-refractivity contribution in [3.8, 4) is 0 Å². The molecular formula is C19H25N3O3S. The molecule has 2 aromatic carbocycles. The highest BCUT2D eigenvalue weighted by Crippen LogP contribution is 2.20. The second-order valence-corrected chi connectivity index (χ2v) is 8.32. The van der Waals surface area contributed by atoms with Crippen molar-refractivity contribution in [2.24, 2.45) is 0 Å². The van der Waals surface area contributed by atoms with Crippen LogP contribution >= 0.6 is 0 Å². The van der Waals surface area contributed by atoms with Gasteiger partial charge in [0.25, 0.3) is 0 Å². The molecule has 0 aliphatic carbocycles. The van der Waals surface area contributed by atoms with Crippen molar-refractivity contribution in [1.29, 1.82) is 0 Å². The van der Waals surface area contributed by atoms with Gasteiger partial charge in [-0.25, -0.2) is 8.42 Å². The summed E-state index contributed by atoms with van der Waals surface area (Å²) in [6.45, 7) is 1.98. The molecule has 7 heteroatoms. The van der Waals surface area contributed by atoms with Crippen LogP contribution in [-0.2, 0) is 14.8 Å². The summed E-state index contributed by atoms with van der Waals surface area (Å²) in [6, 6.07) is 14.7.